The fourth-order valence-corrected chi connectivity index (χ4v) is 7.06. The van der Waals surface area contributed by atoms with Gasteiger partial charge in [0.05, 0.1) is 28.8 Å². The Morgan fingerprint density at radius 1 is 1.42 bits per heavy atom. The van der Waals surface area contributed by atoms with Gasteiger partial charge in [-0.1, -0.05) is 24.3 Å². The first-order chi connectivity index (χ1) is 12.5. The molecule has 6 aliphatic rings. The van der Waals surface area contributed by atoms with Crippen molar-refractivity contribution in [2.24, 2.45) is 16.8 Å². The third-order valence-electron chi connectivity index (χ3n) is 7.81. The van der Waals surface area contributed by atoms with Gasteiger partial charge in [-0.05, 0) is 24.1 Å². The average molecular weight is 350 g/mol. The maximum absolute atomic E-state index is 14.1. The molecule has 2 unspecified atom stereocenters. The molecule has 5 nitrogen and oxygen atoms in total. The average Bonchev–Trinajstić information content (AvgIpc) is 3.08. The van der Waals surface area contributed by atoms with Crippen molar-refractivity contribution in [3.8, 4) is 0 Å². The van der Waals surface area contributed by atoms with E-state index >= 15 is 0 Å². The summed E-state index contributed by atoms with van der Waals surface area (Å²) < 4.78 is 5.82. The van der Waals surface area contributed by atoms with Crippen molar-refractivity contribution in [2.45, 2.75) is 50.3 Å². The molecule has 5 aliphatic heterocycles. The molecule has 1 saturated carbocycles. The fourth-order valence-electron chi connectivity index (χ4n) is 7.06. The van der Waals surface area contributed by atoms with E-state index in [2.05, 4.69) is 12.1 Å². The Bertz CT molecular complexity index is 922. The SMILES string of the molecule is C/C=C1\C[N+]2([O-])[C@H]3C[C@@H]1[C@@H]1C(OC(C)=O)[C@@]4(C[C@@H]12)C3=Nc1ccccc14. The number of piperidine rings is 4. The van der Waals surface area contributed by atoms with Crippen LogP contribution >= 0.6 is 0 Å². The molecule has 1 aromatic carbocycles. The standard InChI is InChI=1S/C21H22N2O3/c1-3-12-10-23(25)16-8-13(12)18-17(23)9-21(20(18)26-11(2)24)14-6-4-5-7-15(14)22-19(16)21/h3-7,13,16-18,20H,8-10H2,1-2H3/b12-3+/t13-,16-,17-,18-,20?,21+,23?/m0/s1. The van der Waals surface area contributed by atoms with Crippen molar-refractivity contribution in [3.63, 3.8) is 0 Å². The summed E-state index contributed by atoms with van der Waals surface area (Å²) in [6, 6.07) is 8.10. The van der Waals surface area contributed by atoms with Crippen LogP contribution in [0.25, 0.3) is 0 Å². The first kappa shape index (κ1) is 15.1. The highest BCUT2D eigenvalue weighted by Crippen LogP contribution is 2.68. The molecule has 0 N–H and O–H groups in total. The summed E-state index contributed by atoms with van der Waals surface area (Å²) in [4.78, 5) is 17.0. The molecule has 1 spiro atoms. The normalized spacial score (nSPS) is 47.7. The van der Waals surface area contributed by atoms with Crippen LogP contribution in [0.4, 0.5) is 5.69 Å². The zero-order valence-electron chi connectivity index (χ0n) is 15.0. The number of hydrogen-bond donors (Lipinski definition) is 0. The Kier molecular flexibility index (Phi) is 2.59. The first-order valence-corrected chi connectivity index (χ1v) is 9.60. The van der Waals surface area contributed by atoms with Crippen LogP contribution in [-0.2, 0) is 14.9 Å². The minimum Gasteiger partial charge on any atom is -0.632 e. The maximum Gasteiger partial charge on any atom is 0.302 e. The van der Waals surface area contributed by atoms with E-state index in [-0.39, 0.29) is 40.1 Å². The molecule has 0 radical (unpaired) electrons. The number of esters is 1. The Hall–Kier alpha value is -1.98. The van der Waals surface area contributed by atoms with Gasteiger partial charge in [0, 0.05) is 25.7 Å². The van der Waals surface area contributed by atoms with E-state index in [1.807, 2.05) is 25.1 Å². The molecule has 5 bridgehead atoms. The summed E-state index contributed by atoms with van der Waals surface area (Å²) in [7, 11) is 0. The van der Waals surface area contributed by atoms with Crippen molar-refractivity contribution < 1.29 is 14.2 Å². The van der Waals surface area contributed by atoms with Gasteiger partial charge in [-0.2, -0.15) is 0 Å². The maximum atomic E-state index is 14.1. The Labute approximate surface area is 152 Å². The number of nitrogens with zero attached hydrogens (tertiary/aromatic N) is 2. The van der Waals surface area contributed by atoms with Crippen LogP contribution in [0.3, 0.4) is 0 Å². The number of allylic oxidation sites excluding steroid dienone is 1. The number of aliphatic imine (C=N–C) groups is 1. The van der Waals surface area contributed by atoms with Gasteiger partial charge in [0.15, 0.2) is 0 Å². The van der Waals surface area contributed by atoms with E-state index in [9.17, 15) is 10.0 Å². The quantitative estimate of drug-likeness (QED) is 0.338. The molecule has 1 aromatic rings. The molecule has 4 saturated heterocycles. The second-order valence-electron chi connectivity index (χ2n) is 8.60. The number of hydrogen-bond acceptors (Lipinski definition) is 4. The van der Waals surface area contributed by atoms with E-state index in [1.54, 1.807) is 0 Å². The monoisotopic (exact) mass is 350 g/mol. The van der Waals surface area contributed by atoms with Crippen LogP contribution in [-0.4, -0.2) is 41.1 Å². The zero-order chi connectivity index (χ0) is 17.8. The highest BCUT2D eigenvalue weighted by atomic mass is 16.6. The van der Waals surface area contributed by atoms with Gasteiger partial charge in [-0.3, -0.25) is 9.79 Å². The van der Waals surface area contributed by atoms with Crippen LogP contribution in [0, 0.1) is 17.0 Å². The number of ether oxygens (including phenoxy) is 1. The summed E-state index contributed by atoms with van der Waals surface area (Å²) in [5.41, 5.74) is 3.99. The van der Waals surface area contributed by atoms with Crippen LogP contribution in [0.2, 0.25) is 0 Å². The lowest BCUT2D eigenvalue weighted by molar-refractivity contribution is -0.934. The van der Waals surface area contributed by atoms with E-state index in [0.29, 0.717) is 12.5 Å². The molecule has 5 heteroatoms. The van der Waals surface area contributed by atoms with Gasteiger partial charge in [0.2, 0.25) is 0 Å². The number of benzene rings is 1. The number of carbonyl (C=O) groups excluding carboxylic acids is 1. The molecular weight excluding hydrogens is 328 g/mol. The van der Waals surface area contributed by atoms with Crippen molar-refractivity contribution in [1.29, 1.82) is 0 Å². The number of rotatable bonds is 1. The lowest BCUT2D eigenvalue weighted by atomic mass is 9.66. The molecule has 134 valence electrons. The van der Waals surface area contributed by atoms with E-state index in [1.165, 1.54) is 12.5 Å². The van der Waals surface area contributed by atoms with Crippen molar-refractivity contribution in [1.82, 2.24) is 0 Å². The number of para-hydroxylation sites is 1. The number of fused-ring (bicyclic) bond motifs is 2. The largest absolute Gasteiger partial charge is 0.632 e. The van der Waals surface area contributed by atoms with Crippen LogP contribution in [0.5, 0.6) is 0 Å². The minimum atomic E-state index is -0.383. The summed E-state index contributed by atoms with van der Waals surface area (Å²) >= 11 is 0. The Balaban J connectivity index is 1.64. The summed E-state index contributed by atoms with van der Waals surface area (Å²) in [6.45, 7) is 4.09. The summed E-state index contributed by atoms with van der Waals surface area (Å²) in [6.07, 6.45) is 3.45. The van der Waals surface area contributed by atoms with Gasteiger partial charge < -0.3 is 14.6 Å². The van der Waals surface area contributed by atoms with E-state index < -0.39 is 0 Å². The van der Waals surface area contributed by atoms with Gasteiger partial charge in [-0.15, -0.1) is 0 Å². The minimum absolute atomic E-state index is 0.0110. The van der Waals surface area contributed by atoms with E-state index in [0.717, 1.165) is 29.8 Å². The van der Waals surface area contributed by atoms with Gasteiger partial charge >= 0.3 is 5.97 Å². The van der Waals surface area contributed by atoms with Crippen molar-refractivity contribution in [2.75, 3.05) is 6.54 Å². The highest BCUT2D eigenvalue weighted by molar-refractivity contribution is 6.07. The number of carbonyl (C=O) groups is 1. The fraction of sp³-hybridized carbons (Fsp3) is 0.524. The highest BCUT2D eigenvalue weighted by Gasteiger charge is 2.78. The third-order valence-corrected chi connectivity index (χ3v) is 7.81. The predicted molar refractivity (Wildman–Crippen MR) is 96.8 cm³/mol. The topological polar surface area (TPSA) is 61.7 Å². The lowest BCUT2D eigenvalue weighted by Crippen LogP contribution is -2.73. The van der Waals surface area contributed by atoms with Crippen LogP contribution < -0.4 is 0 Å². The first-order valence-electron chi connectivity index (χ1n) is 9.60. The summed E-state index contributed by atoms with van der Waals surface area (Å²) in [5, 5.41) is 14.1. The lowest BCUT2D eigenvalue weighted by Gasteiger charge is -2.65. The Morgan fingerprint density at radius 3 is 3.00 bits per heavy atom. The number of hydroxylamine groups is 3. The van der Waals surface area contributed by atoms with Gasteiger partial charge in [-0.25, -0.2) is 0 Å². The predicted octanol–water partition coefficient (Wildman–Crippen LogP) is 3.01. The smallest absolute Gasteiger partial charge is 0.302 e. The second-order valence-corrected chi connectivity index (χ2v) is 8.60. The zero-order valence-corrected chi connectivity index (χ0v) is 15.0. The molecule has 26 heavy (non-hydrogen) atoms. The van der Waals surface area contributed by atoms with E-state index in [4.69, 9.17) is 9.73 Å². The number of quaternary nitrogens is 1. The van der Waals surface area contributed by atoms with Gasteiger partial charge in [0.25, 0.3) is 0 Å². The van der Waals surface area contributed by atoms with Crippen molar-refractivity contribution in [3.05, 3.63) is 46.7 Å². The molecule has 5 heterocycles. The second kappa shape index (κ2) is 4.46. The molecule has 0 aromatic heterocycles. The molecule has 7 atom stereocenters. The Morgan fingerprint density at radius 2 is 2.23 bits per heavy atom. The third kappa shape index (κ3) is 1.41. The summed E-state index contributed by atoms with van der Waals surface area (Å²) in [5.74, 6) is 0.189. The molecule has 1 aliphatic carbocycles. The molecule has 5 fully saturated rings. The van der Waals surface area contributed by atoms with Crippen molar-refractivity contribution >= 4 is 17.4 Å². The molecule has 7 rings (SSSR count). The molecular formula is C21H22N2O3. The van der Waals surface area contributed by atoms with Gasteiger partial charge in [0.1, 0.15) is 18.7 Å². The van der Waals surface area contributed by atoms with Crippen LogP contribution in [0.1, 0.15) is 32.3 Å². The molecule has 0 amide bonds. The van der Waals surface area contributed by atoms with Crippen LogP contribution in [0.15, 0.2) is 40.9 Å².